The van der Waals surface area contributed by atoms with Crippen molar-refractivity contribution in [1.82, 2.24) is 4.98 Å². The Kier molecular flexibility index (Phi) is 4.61. The number of alkyl halides is 3. The molecule has 25 heavy (non-hydrogen) atoms. The largest absolute Gasteiger partial charge is 0.417 e. The molecule has 0 aliphatic carbocycles. The van der Waals surface area contributed by atoms with Crippen molar-refractivity contribution in [3.8, 4) is 0 Å². The summed E-state index contributed by atoms with van der Waals surface area (Å²) in [5.74, 6) is 0.0184. The van der Waals surface area contributed by atoms with Crippen LogP contribution in [0.3, 0.4) is 0 Å². The van der Waals surface area contributed by atoms with E-state index >= 15 is 0 Å². The Hall–Kier alpha value is -3.02. The van der Waals surface area contributed by atoms with Crippen molar-refractivity contribution in [3.05, 3.63) is 89.6 Å². The minimum Gasteiger partial charge on any atom is -0.382 e. The van der Waals surface area contributed by atoms with Crippen molar-refractivity contribution in [1.29, 1.82) is 0 Å². The van der Waals surface area contributed by atoms with Crippen LogP contribution < -0.4 is 11.1 Å². The first-order valence-electron chi connectivity index (χ1n) is 7.64. The van der Waals surface area contributed by atoms with Gasteiger partial charge in [0.1, 0.15) is 5.82 Å². The number of aromatic nitrogens is 1. The number of pyridine rings is 1. The quantitative estimate of drug-likeness (QED) is 0.709. The normalized spacial score (nSPS) is 11.5. The summed E-state index contributed by atoms with van der Waals surface area (Å²) in [6, 6.07) is 19.5. The lowest BCUT2D eigenvalue weighted by Gasteiger charge is -2.22. The molecule has 128 valence electrons. The fourth-order valence-electron chi connectivity index (χ4n) is 2.55. The Morgan fingerprint density at radius 1 is 0.880 bits per heavy atom. The van der Waals surface area contributed by atoms with Crippen LogP contribution in [0.4, 0.5) is 24.7 Å². The third-order valence-electron chi connectivity index (χ3n) is 3.81. The SMILES string of the molecule is Nc1ncc(C(F)(F)F)cc1NC(c1ccccc1)c1ccccc1. The molecule has 0 bridgehead atoms. The van der Waals surface area contributed by atoms with E-state index in [1.165, 1.54) is 0 Å². The van der Waals surface area contributed by atoms with Crippen LogP contribution >= 0.6 is 0 Å². The first-order valence-corrected chi connectivity index (χ1v) is 7.64. The van der Waals surface area contributed by atoms with Gasteiger partial charge >= 0.3 is 6.18 Å². The number of anilines is 2. The molecule has 3 nitrogen and oxygen atoms in total. The lowest BCUT2D eigenvalue weighted by Crippen LogP contribution is -2.15. The number of rotatable bonds is 4. The van der Waals surface area contributed by atoms with Gasteiger partial charge in [0.25, 0.3) is 0 Å². The summed E-state index contributed by atoms with van der Waals surface area (Å²) in [6.07, 6.45) is -3.74. The predicted octanol–water partition coefficient (Wildman–Crippen LogP) is 4.88. The van der Waals surface area contributed by atoms with Gasteiger partial charge in [0.2, 0.25) is 0 Å². The Balaban J connectivity index is 2.02. The van der Waals surface area contributed by atoms with Crippen molar-refractivity contribution >= 4 is 11.5 Å². The molecule has 0 aliphatic rings. The van der Waals surface area contributed by atoms with E-state index in [-0.39, 0.29) is 17.5 Å². The lowest BCUT2D eigenvalue weighted by atomic mass is 9.98. The van der Waals surface area contributed by atoms with Crippen LogP contribution in [-0.2, 0) is 6.18 Å². The van der Waals surface area contributed by atoms with Crippen LogP contribution in [0.5, 0.6) is 0 Å². The molecule has 0 unspecified atom stereocenters. The summed E-state index contributed by atoms with van der Waals surface area (Å²) in [5, 5.41) is 3.10. The van der Waals surface area contributed by atoms with E-state index < -0.39 is 11.7 Å². The van der Waals surface area contributed by atoms with Crippen molar-refractivity contribution in [3.63, 3.8) is 0 Å². The molecule has 0 saturated carbocycles. The number of nitrogens with one attached hydrogen (secondary N) is 1. The van der Waals surface area contributed by atoms with Gasteiger partial charge in [-0.15, -0.1) is 0 Å². The van der Waals surface area contributed by atoms with Crippen LogP contribution in [0, 0.1) is 0 Å². The average Bonchev–Trinajstić information content (AvgIpc) is 2.61. The third-order valence-corrected chi connectivity index (χ3v) is 3.81. The van der Waals surface area contributed by atoms with Gasteiger partial charge in [0.15, 0.2) is 0 Å². The van der Waals surface area contributed by atoms with Gasteiger partial charge < -0.3 is 11.1 Å². The molecular weight excluding hydrogens is 327 g/mol. The summed E-state index contributed by atoms with van der Waals surface area (Å²) in [4.78, 5) is 3.68. The van der Waals surface area contributed by atoms with Gasteiger partial charge in [-0.1, -0.05) is 60.7 Å². The van der Waals surface area contributed by atoms with Gasteiger partial charge in [-0.3, -0.25) is 0 Å². The number of halogens is 3. The second-order valence-corrected chi connectivity index (χ2v) is 5.55. The van der Waals surface area contributed by atoms with Gasteiger partial charge in [0, 0.05) is 6.20 Å². The molecule has 0 spiro atoms. The van der Waals surface area contributed by atoms with Crippen molar-refractivity contribution in [2.24, 2.45) is 0 Å². The summed E-state index contributed by atoms with van der Waals surface area (Å²) in [6.45, 7) is 0. The highest BCUT2D eigenvalue weighted by atomic mass is 19.4. The van der Waals surface area contributed by atoms with Crippen LogP contribution in [-0.4, -0.2) is 4.98 Å². The number of hydrogen-bond donors (Lipinski definition) is 2. The van der Waals surface area contributed by atoms with Gasteiger partial charge in [0.05, 0.1) is 17.3 Å². The average molecular weight is 343 g/mol. The maximum atomic E-state index is 13.0. The Morgan fingerprint density at radius 2 is 1.40 bits per heavy atom. The third kappa shape index (κ3) is 3.91. The molecule has 3 rings (SSSR count). The summed E-state index contributed by atoms with van der Waals surface area (Å²) < 4.78 is 38.9. The fourth-order valence-corrected chi connectivity index (χ4v) is 2.55. The number of hydrogen-bond acceptors (Lipinski definition) is 3. The van der Waals surface area contributed by atoms with E-state index in [0.717, 1.165) is 23.4 Å². The monoisotopic (exact) mass is 343 g/mol. The smallest absolute Gasteiger partial charge is 0.382 e. The topological polar surface area (TPSA) is 50.9 Å². The summed E-state index contributed by atoms with van der Waals surface area (Å²) in [5.41, 5.74) is 6.91. The van der Waals surface area contributed by atoms with E-state index in [0.29, 0.717) is 0 Å². The van der Waals surface area contributed by atoms with Crippen molar-refractivity contribution in [2.75, 3.05) is 11.1 Å². The number of nitrogens with two attached hydrogens (primary N) is 1. The lowest BCUT2D eigenvalue weighted by molar-refractivity contribution is -0.137. The molecule has 0 saturated heterocycles. The summed E-state index contributed by atoms with van der Waals surface area (Å²) in [7, 11) is 0. The molecule has 1 heterocycles. The highest BCUT2D eigenvalue weighted by Gasteiger charge is 2.32. The van der Waals surface area contributed by atoms with Crippen molar-refractivity contribution < 1.29 is 13.2 Å². The van der Waals surface area contributed by atoms with Crippen LogP contribution in [0.15, 0.2) is 72.9 Å². The molecule has 0 fully saturated rings. The minimum atomic E-state index is -4.48. The summed E-state index contributed by atoms with van der Waals surface area (Å²) >= 11 is 0. The molecule has 0 amide bonds. The predicted molar refractivity (Wildman–Crippen MR) is 92.0 cm³/mol. The molecule has 3 N–H and O–H groups in total. The molecule has 0 aliphatic heterocycles. The van der Waals surface area contributed by atoms with Crippen LogP contribution in [0.2, 0.25) is 0 Å². The van der Waals surface area contributed by atoms with Crippen molar-refractivity contribution in [2.45, 2.75) is 12.2 Å². The fraction of sp³-hybridized carbons (Fsp3) is 0.105. The van der Waals surface area contributed by atoms with E-state index in [2.05, 4.69) is 10.3 Å². The Bertz CT molecular complexity index is 794. The highest BCUT2D eigenvalue weighted by Crippen LogP contribution is 2.34. The van der Waals surface area contributed by atoms with E-state index in [9.17, 15) is 13.2 Å². The number of benzene rings is 2. The molecular formula is C19H16F3N3. The first kappa shape index (κ1) is 16.8. The van der Waals surface area contributed by atoms with E-state index in [1.54, 1.807) is 0 Å². The van der Waals surface area contributed by atoms with Gasteiger partial charge in [-0.25, -0.2) is 4.98 Å². The second kappa shape index (κ2) is 6.84. The number of nitrogen functional groups attached to an aromatic ring is 1. The molecule has 1 aromatic heterocycles. The Labute approximate surface area is 143 Å². The molecule has 2 aromatic carbocycles. The maximum Gasteiger partial charge on any atom is 0.417 e. The first-order chi connectivity index (χ1) is 11.9. The molecule has 0 atom stereocenters. The second-order valence-electron chi connectivity index (χ2n) is 5.55. The zero-order chi connectivity index (χ0) is 17.9. The standard InChI is InChI=1S/C19H16F3N3/c20-19(21,22)15-11-16(18(23)24-12-15)25-17(13-7-3-1-4-8-13)14-9-5-2-6-10-14/h1-12,17,25H,(H2,23,24). The van der Waals surface area contributed by atoms with Gasteiger partial charge in [-0.05, 0) is 17.2 Å². The highest BCUT2D eigenvalue weighted by molar-refractivity contribution is 5.64. The zero-order valence-corrected chi connectivity index (χ0v) is 13.2. The minimum absolute atomic E-state index is 0.0184. The van der Waals surface area contributed by atoms with E-state index in [1.807, 2.05) is 60.7 Å². The van der Waals surface area contributed by atoms with E-state index in [4.69, 9.17) is 5.73 Å². The maximum absolute atomic E-state index is 13.0. The molecule has 6 heteroatoms. The zero-order valence-electron chi connectivity index (χ0n) is 13.2. The molecule has 3 aromatic rings. The number of nitrogens with zero attached hydrogens (tertiary/aromatic N) is 1. The van der Waals surface area contributed by atoms with Crippen LogP contribution in [0.25, 0.3) is 0 Å². The Morgan fingerprint density at radius 3 is 1.88 bits per heavy atom. The molecule has 0 radical (unpaired) electrons. The van der Waals surface area contributed by atoms with Crippen LogP contribution in [0.1, 0.15) is 22.7 Å². The van der Waals surface area contributed by atoms with Gasteiger partial charge in [-0.2, -0.15) is 13.2 Å².